The van der Waals surface area contributed by atoms with Crippen LogP contribution in [-0.4, -0.2) is 32.3 Å². The third-order valence-electron chi connectivity index (χ3n) is 4.35. The van der Waals surface area contributed by atoms with Crippen LogP contribution in [0.2, 0.25) is 0 Å². The van der Waals surface area contributed by atoms with Crippen LogP contribution in [-0.2, 0) is 23.0 Å². The summed E-state index contributed by atoms with van der Waals surface area (Å²) in [4.78, 5) is 14.7. The van der Waals surface area contributed by atoms with Crippen LogP contribution in [0.3, 0.4) is 0 Å². The fraction of sp³-hybridized carbons (Fsp3) is 0.316. The summed E-state index contributed by atoms with van der Waals surface area (Å²) >= 11 is 0. The molecule has 132 valence electrons. The van der Waals surface area contributed by atoms with Gasteiger partial charge in [0, 0.05) is 25.2 Å². The zero-order valence-electron chi connectivity index (χ0n) is 14.2. The number of nitrogens with zero attached hydrogens (tertiary/aromatic N) is 1. The van der Waals surface area contributed by atoms with Crippen molar-refractivity contribution in [2.45, 2.75) is 31.2 Å². The highest BCUT2D eigenvalue weighted by Gasteiger charge is 2.23. The van der Waals surface area contributed by atoms with Gasteiger partial charge in [-0.05, 0) is 42.2 Å². The second kappa shape index (κ2) is 7.37. The first kappa shape index (κ1) is 17.6. The normalized spacial score (nSPS) is 14.2. The summed E-state index contributed by atoms with van der Waals surface area (Å²) in [7, 11) is -3.58. The standard InChI is InChI=1S/C19H22N2O3S/c1-2-11-20-25(23,24)18-9-5-8-16(13-18)19(22)21-12-10-15-6-3-4-7-17(15)14-21/h3-9,13,20H,2,10-12,14H2,1H3. The lowest BCUT2D eigenvalue weighted by Gasteiger charge is -2.29. The van der Waals surface area contributed by atoms with E-state index in [1.54, 1.807) is 17.0 Å². The number of carbonyl (C=O) groups is 1. The third-order valence-corrected chi connectivity index (χ3v) is 5.81. The lowest BCUT2D eigenvalue weighted by Crippen LogP contribution is -2.36. The predicted molar refractivity (Wildman–Crippen MR) is 96.8 cm³/mol. The number of rotatable bonds is 5. The fourth-order valence-corrected chi connectivity index (χ4v) is 4.15. The van der Waals surface area contributed by atoms with E-state index in [1.807, 2.05) is 25.1 Å². The minimum Gasteiger partial charge on any atom is -0.334 e. The van der Waals surface area contributed by atoms with Crippen LogP contribution in [0.4, 0.5) is 0 Å². The van der Waals surface area contributed by atoms with Crippen molar-refractivity contribution in [3.8, 4) is 0 Å². The molecule has 0 saturated heterocycles. The Morgan fingerprint density at radius 3 is 2.64 bits per heavy atom. The summed E-state index contributed by atoms with van der Waals surface area (Å²) < 4.78 is 27.1. The van der Waals surface area contributed by atoms with Gasteiger partial charge in [0.15, 0.2) is 0 Å². The lowest BCUT2D eigenvalue weighted by atomic mass is 9.99. The molecule has 0 unspecified atom stereocenters. The summed E-state index contributed by atoms with van der Waals surface area (Å²) in [6, 6.07) is 14.4. The average molecular weight is 358 g/mol. The molecule has 0 spiro atoms. The number of hydrogen-bond acceptors (Lipinski definition) is 3. The molecule has 25 heavy (non-hydrogen) atoms. The van der Waals surface area contributed by atoms with Crippen LogP contribution in [0, 0.1) is 0 Å². The Balaban J connectivity index is 1.81. The van der Waals surface area contributed by atoms with Gasteiger partial charge in [0.25, 0.3) is 5.91 Å². The second-order valence-electron chi connectivity index (χ2n) is 6.17. The van der Waals surface area contributed by atoms with Crippen LogP contribution in [0.5, 0.6) is 0 Å². The molecule has 0 fully saturated rings. The van der Waals surface area contributed by atoms with Gasteiger partial charge in [-0.25, -0.2) is 13.1 Å². The number of nitrogens with one attached hydrogen (secondary N) is 1. The molecule has 1 heterocycles. The van der Waals surface area contributed by atoms with E-state index in [0.29, 0.717) is 31.6 Å². The Kier molecular flexibility index (Phi) is 5.20. The van der Waals surface area contributed by atoms with Crippen molar-refractivity contribution >= 4 is 15.9 Å². The highest BCUT2D eigenvalue weighted by molar-refractivity contribution is 7.89. The molecule has 0 aromatic heterocycles. The predicted octanol–water partition coefficient (Wildman–Crippen LogP) is 2.57. The largest absolute Gasteiger partial charge is 0.334 e. The molecule has 0 atom stereocenters. The molecule has 0 bridgehead atoms. The minimum absolute atomic E-state index is 0.129. The van der Waals surface area contributed by atoms with Crippen molar-refractivity contribution in [3.05, 3.63) is 65.2 Å². The van der Waals surface area contributed by atoms with Gasteiger partial charge in [0.1, 0.15) is 0 Å². The molecule has 1 amide bonds. The van der Waals surface area contributed by atoms with Crippen molar-refractivity contribution in [2.24, 2.45) is 0 Å². The molecule has 1 N–H and O–H groups in total. The van der Waals surface area contributed by atoms with Crippen LogP contribution < -0.4 is 4.72 Å². The number of sulfonamides is 1. The molecule has 6 heteroatoms. The SMILES string of the molecule is CCCNS(=O)(=O)c1cccc(C(=O)N2CCc3ccccc3C2)c1. The highest BCUT2D eigenvalue weighted by atomic mass is 32.2. The Hall–Kier alpha value is -2.18. The molecule has 0 aliphatic carbocycles. The molecule has 5 nitrogen and oxygen atoms in total. The number of amides is 1. The maximum absolute atomic E-state index is 12.8. The molecule has 0 saturated carbocycles. The van der Waals surface area contributed by atoms with E-state index in [9.17, 15) is 13.2 Å². The molecule has 2 aromatic carbocycles. The quantitative estimate of drug-likeness (QED) is 0.893. The second-order valence-corrected chi connectivity index (χ2v) is 7.94. The van der Waals surface area contributed by atoms with Gasteiger partial charge >= 0.3 is 0 Å². The Labute approximate surface area is 148 Å². The van der Waals surface area contributed by atoms with Gasteiger partial charge in [-0.2, -0.15) is 0 Å². The summed E-state index contributed by atoms with van der Waals surface area (Å²) in [6.07, 6.45) is 1.53. The fourth-order valence-electron chi connectivity index (χ4n) is 2.97. The summed E-state index contributed by atoms with van der Waals surface area (Å²) in [5.41, 5.74) is 2.82. The Morgan fingerprint density at radius 2 is 1.88 bits per heavy atom. The summed E-state index contributed by atoms with van der Waals surface area (Å²) in [5.74, 6) is -0.137. The first-order valence-electron chi connectivity index (χ1n) is 8.47. The van der Waals surface area contributed by atoms with Crippen molar-refractivity contribution in [1.82, 2.24) is 9.62 Å². The van der Waals surface area contributed by atoms with E-state index in [-0.39, 0.29) is 10.8 Å². The number of hydrogen-bond donors (Lipinski definition) is 1. The first-order chi connectivity index (χ1) is 12.0. The molecule has 0 radical (unpaired) electrons. The van der Waals surface area contributed by atoms with Gasteiger partial charge in [-0.15, -0.1) is 0 Å². The van der Waals surface area contributed by atoms with Gasteiger partial charge in [0.05, 0.1) is 4.90 Å². The van der Waals surface area contributed by atoms with Gasteiger partial charge in [-0.1, -0.05) is 37.3 Å². The van der Waals surface area contributed by atoms with Crippen LogP contribution in [0.1, 0.15) is 34.8 Å². The summed E-state index contributed by atoms with van der Waals surface area (Å²) in [5, 5.41) is 0. The molecule has 3 rings (SSSR count). The monoisotopic (exact) mass is 358 g/mol. The molecule has 1 aliphatic heterocycles. The van der Waals surface area contributed by atoms with Gasteiger partial charge in [0.2, 0.25) is 10.0 Å². The smallest absolute Gasteiger partial charge is 0.254 e. The number of fused-ring (bicyclic) bond motifs is 1. The zero-order chi connectivity index (χ0) is 17.9. The van der Waals surface area contributed by atoms with Crippen molar-refractivity contribution in [2.75, 3.05) is 13.1 Å². The molecule has 2 aromatic rings. The van der Waals surface area contributed by atoms with Gasteiger partial charge in [-0.3, -0.25) is 4.79 Å². The van der Waals surface area contributed by atoms with Crippen molar-refractivity contribution in [3.63, 3.8) is 0 Å². The minimum atomic E-state index is -3.58. The van der Waals surface area contributed by atoms with Crippen LogP contribution in [0.25, 0.3) is 0 Å². The van der Waals surface area contributed by atoms with E-state index >= 15 is 0 Å². The number of benzene rings is 2. The zero-order valence-corrected chi connectivity index (χ0v) is 15.1. The first-order valence-corrected chi connectivity index (χ1v) is 9.95. The van der Waals surface area contributed by atoms with Crippen molar-refractivity contribution in [1.29, 1.82) is 0 Å². The van der Waals surface area contributed by atoms with Crippen LogP contribution in [0.15, 0.2) is 53.4 Å². The number of carbonyl (C=O) groups excluding carboxylic acids is 1. The highest BCUT2D eigenvalue weighted by Crippen LogP contribution is 2.21. The molecular weight excluding hydrogens is 336 g/mol. The Bertz CT molecular complexity index is 878. The molecular formula is C19H22N2O3S. The lowest BCUT2D eigenvalue weighted by molar-refractivity contribution is 0.0734. The topological polar surface area (TPSA) is 66.5 Å². The third kappa shape index (κ3) is 3.91. The Morgan fingerprint density at radius 1 is 1.12 bits per heavy atom. The van der Waals surface area contributed by atoms with Crippen molar-refractivity contribution < 1.29 is 13.2 Å². The van der Waals surface area contributed by atoms with Crippen LogP contribution >= 0.6 is 0 Å². The molecule has 1 aliphatic rings. The maximum atomic E-state index is 12.8. The van der Waals surface area contributed by atoms with E-state index in [2.05, 4.69) is 10.8 Å². The van der Waals surface area contributed by atoms with Gasteiger partial charge < -0.3 is 4.90 Å². The van der Waals surface area contributed by atoms with E-state index < -0.39 is 10.0 Å². The summed E-state index contributed by atoms with van der Waals surface area (Å²) in [6.45, 7) is 3.47. The maximum Gasteiger partial charge on any atom is 0.254 e. The average Bonchev–Trinajstić information content (AvgIpc) is 2.65. The van der Waals surface area contributed by atoms with E-state index in [0.717, 1.165) is 12.0 Å². The van der Waals surface area contributed by atoms with E-state index in [1.165, 1.54) is 17.7 Å². The van der Waals surface area contributed by atoms with E-state index in [4.69, 9.17) is 0 Å².